The van der Waals surface area contributed by atoms with Crippen LogP contribution in [0.3, 0.4) is 0 Å². The van der Waals surface area contributed by atoms with E-state index in [1.165, 1.54) is 24.0 Å². The molecule has 0 spiro atoms. The number of ether oxygens (including phenoxy) is 1. The molecule has 0 saturated carbocycles. The van der Waals surface area contributed by atoms with Gasteiger partial charge in [0.25, 0.3) is 0 Å². The van der Waals surface area contributed by atoms with E-state index in [0.717, 1.165) is 12.3 Å². The summed E-state index contributed by atoms with van der Waals surface area (Å²) >= 11 is 0. The lowest BCUT2D eigenvalue weighted by molar-refractivity contribution is 0.412. The van der Waals surface area contributed by atoms with E-state index >= 15 is 0 Å². The van der Waals surface area contributed by atoms with Crippen LogP contribution in [0.2, 0.25) is 0 Å². The molecule has 1 aliphatic carbocycles. The molecule has 1 aliphatic rings. The highest BCUT2D eigenvalue weighted by Gasteiger charge is 2.27. The maximum absolute atomic E-state index is 5.31. The van der Waals surface area contributed by atoms with Gasteiger partial charge in [-0.25, -0.2) is 0 Å². The van der Waals surface area contributed by atoms with E-state index in [9.17, 15) is 0 Å². The van der Waals surface area contributed by atoms with Crippen molar-refractivity contribution in [3.63, 3.8) is 0 Å². The molecular weight excluding hydrogens is 198 g/mol. The normalized spacial score (nSPS) is 20.6. The van der Waals surface area contributed by atoms with Crippen molar-refractivity contribution >= 4 is 0 Å². The summed E-state index contributed by atoms with van der Waals surface area (Å²) in [5.74, 6) is 1.62. The van der Waals surface area contributed by atoms with Gasteiger partial charge in [0.2, 0.25) is 0 Å². The van der Waals surface area contributed by atoms with Crippen LogP contribution in [0.5, 0.6) is 5.75 Å². The topological polar surface area (TPSA) is 21.3 Å². The minimum absolute atomic E-state index is 0.554. The van der Waals surface area contributed by atoms with Gasteiger partial charge in [-0.2, -0.15) is 0 Å². The average molecular weight is 219 g/mol. The molecule has 1 aromatic rings. The summed E-state index contributed by atoms with van der Waals surface area (Å²) in [5, 5.41) is 3.52. The van der Waals surface area contributed by atoms with Crippen LogP contribution < -0.4 is 10.1 Å². The van der Waals surface area contributed by atoms with Crippen LogP contribution in [-0.4, -0.2) is 19.7 Å². The second kappa shape index (κ2) is 4.88. The molecule has 2 atom stereocenters. The summed E-state index contributed by atoms with van der Waals surface area (Å²) in [7, 11) is 1.74. The Labute approximate surface area is 98.0 Å². The van der Waals surface area contributed by atoms with Crippen molar-refractivity contribution < 1.29 is 4.74 Å². The van der Waals surface area contributed by atoms with Crippen molar-refractivity contribution in [2.24, 2.45) is 0 Å². The van der Waals surface area contributed by atoms with Crippen LogP contribution >= 0.6 is 0 Å². The number of hydrogen-bond donors (Lipinski definition) is 1. The second-order valence-corrected chi connectivity index (χ2v) is 4.56. The van der Waals surface area contributed by atoms with E-state index in [1.807, 2.05) is 0 Å². The highest BCUT2D eigenvalue weighted by molar-refractivity contribution is 5.41. The molecule has 2 rings (SSSR count). The van der Waals surface area contributed by atoms with Crippen molar-refractivity contribution in [2.75, 3.05) is 13.7 Å². The quantitative estimate of drug-likeness (QED) is 0.840. The van der Waals surface area contributed by atoms with Gasteiger partial charge in [-0.1, -0.05) is 13.0 Å². The molecule has 0 saturated heterocycles. The van der Waals surface area contributed by atoms with E-state index in [0.29, 0.717) is 12.0 Å². The van der Waals surface area contributed by atoms with Gasteiger partial charge < -0.3 is 10.1 Å². The predicted octanol–water partition coefficient (Wildman–Crippen LogP) is 2.72. The molecular formula is C14H21NO. The van der Waals surface area contributed by atoms with Gasteiger partial charge in [0.05, 0.1) is 7.11 Å². The Bertz CT molecular complexity index is 362. The minimum Gasteiger partial charge on any atom is -0.497 e. The van der Waals surface area contributed by atoms with Gasteiger partial charge in [0.1, 0.15) is 5.75 Å². The molecule has 0 aliphatic heterocycles. The summed E-state index contributed by atoms with van der Waals surface area (Å²) in [5.41, 5.74) is 2.98. The molecule has 0 bridgehead atoms. The van der Waals surface area contributed by atoms with E-state index < -0.39 is 0 Å². The number of hydrogen-bond acceptors (Lipinski definition) is 2. The molecule has 88 valence electrons. The lowest BCUT2D eigenvalue weighted by Crippen LogP contribution is -2.30. The maximum atomic E-state index is 5.31. The van der Waals surface area contributed by atoms with Gasteiger partial charge in [-0.05, 0) is 55.5 Å². The standard InChI is InChI=1S/C14H21NO/c1-4-15-10(2)13-8-6-11-5-7-12(16-3)9-14(11)13/h5,7,9-10,13,15H,4,6,8H2,1-3H3. The number of fused-ring (bicyclic) bond motifs is 1. The Kier molecular flexibility index (Phi) is 3.49. The highest BCUT2D eigenvalue weighted by atomic mass is 16.5. The fourth-order valence-corrected chi connectivity index (χ4v) is 2.72. The van der Waals surface area contributed by atoms with Crippen molar-refractivity contribution in [1.29, 1.82) is 0 Å². The van der Waals surface area contributed by atoms with Crippen LogP contribution in [0.4, 0.5) is 0 Å². The maximum Gasteiger partial charge on any atom is 0.119 e. The van der Waals surface area contributed by atoms with Crippen molar-refractivity contribution in [3.05, 3.63) is 29.3 Å². The molecule has 0 heterocycles. The number of nitrogens with one attached hydrogen (secondary N) is 1. The van der Waals surface area contributed by atoms with E-state index in [1.54, 1.807) is 7.11 Å². The molecule has 0 aromatic heterocycles. The number of likely N-dealkylation sites (N-methyl/N-ethyl adjacent to an activating group) is 1. The van der Waals surface area contributed by atoms with E-state index in [4.69, 9.17) is 4.74 Å². The third-order valence-corrected chi connectivity index (χ3v) is 3.61. The van der Waals surface area contributed by atoms with Crippen LogP contribution in [0.15, 0.2) is 18.2 Å². The molecule has 0 fully saturated rings. The zero-order chi connectivity index (χ0) is 11.5. The molecule has 1 aromatic carbocycles. The molecule has 2 unspecified atom stereocenters. The van der Waals surface area contributed by atoms with Gasteiger partial charge >= 0.3 is 0 Å². The van der Waals surface area contributed by atoms with Crippen LogP contribution in [0, 0.1) is 0 Å². The summed E-state index contributed by atoms with van der Waals surface area (Å²) in [4.78, 5) is 0. The number of rotatable bonds is 4. The monoisotopic (exact) mass is 219 g/mol. The van der Waals surface area contributed by atoms with E-state index in [-0.39, 0.29) is 0 Å². The van der Waals surface area contributed by atoms with E-state index in [2.05, 4.69) is 37.4 Å². The minimum atomic E-state index is 0.554. The van der Waals surface area contributed by atoms with Crippen LogP contribution in [0.25, 0.3) is 0 Å². The molecule has 2 heteroatoms. The molecule has 2 nitrogen and oxygen atoms in total. The van der Waals surface area contributed by atoms with Crippen molar-refractivity contribution in [1.82, 2.24) is 5.32 Å². The van der Waals surface area contributed by atoms with Gasteiger partial charge in [-0.15, -0.1) is 0 Å². The largest absolute Gasteiger partial charge is 0.497 e. The Morgan fingerprint density at radius 2 is 2.31 bits per heavy atom. The Balaban J connectivity index is 2.23. The van der Waals surface area contributed by atoms with Gasteiger partial charge in [-0.3, -0.25) is 0 Å². The number of benzene rings is 1. The first kappa shape index (κ1) is 11.5. The first-order valence-electron chi connectivity index (χ1n) is 6.16. The smallest absolute Gasteiger partial charge is 0.119 e. The molecule has 16 heavy (non-hydrogen) atoms. The summed E-state index contributed by atoms with van der Waals surface area (Å²) in [6.45, 7) is 5.48. The summed E-state index contributed by atoms with van der Waals surface area (Å²) in [6, 6.07) is 7.05. The zero-order valence-corrected chi connectivity index (χ0v) is 10.4. The second-order valence-electron chi connectivity index (χ2n) is 4.56. The molecule has 0 radical (unpaired) electrons. The lowest BCUT2D eigenvalue weighted by atomic mass is 9.94. The third-order valence-electron chi connectivity index (χ3n) is 3.61. The van der Waals surface area contributed by atoms with Crippen LogP contribution in [0.1, 0.15) is 37.3 Å². The van der Waals surface area contributed by atoms with Crippen molar-refractivity contribution in [2.45, 2.75) is 38.6 Å². The highest BCUT2D eigenvalue weighted by Crippen LogP contribution is 2.37. The lowest BCUT2D eigenvalue weighted by Gasteiger charge is -2.21. The predicted molar refractivity (Wildman–Crippen MR) is 67.2 cm³/mol. The Hall–Kier alpha value is -1.02. The summed E-state index contributed by atoms with van der Waals surface area (Å²) < 4.78 is 5.31. The fraction of sp³-hybridized carbons (Fsp3) is 0.571. The Morgan fingerprint density at radius 3 is 3.00 bits per heavy atom. The first-order chi connectivity index (χ1) is 7.76. The third kappa shape index (κ3) is 2.07. The fourth-order valence-electron chi connectivity index (χ4n) is 2.72. The SMILES string of the molecule is CCNC(C)C1CCc2ccc(OC)cc21. The Morgan fingerprint density at radius 1 is 1.50 bits per heavy atom. The van der Waals surface area contributed by atoms with Crippen molar-refractivity contribution in [3.8, 4) is 5.75 Å². The molecule has 0 amide bonds. The molecule has 1 N–H and O–H groups in total. The average Bonchev–Trinajstić information content (AvgIpc) is 2.71. The number of aryl methyl sites for hydroxylation is 1. The van der Waals surface area contributed by atoms with Gasteiger partial charge in [0.15, 0.2) is 0 Å². The number of methoxy groups -OCH3 is 1. The van der Waals surface area contributed by atoms with Gasteiger partial charge in [0, 0.05) is 6.04 Å². The first-order valence-corrected chi connectivity index (χ1v) is 6.16. The van der Waals surface area contributed by atoms with Crippen LogP contribution in [-0.2, 0) is 6.42 Å². The zero-order valence-electron chi connectivity index (χ0n) is 10.4. The summed E-state index contributed by atoms with van der Waals surface area (Å²) in [6.07, 6.45) is 2.47.